The van der Waals surface area contributed by atoms with E-state index in [1.165, 1.54) is 0 Å². The number of morpholine rings is 2. The van der Waals surface area contributed by atoms with Gasteiger partial charge in [-0.25, -0.2) is 0 Å². The number of rotatable bonds is 1. The summed E-state index contributed by atoms with van der Waals surface area (Å²) in [5.74, 6) is 0. The molecular formula is C9H16N2O2. The third-order valence-electron chi connectivity index (χ3n) is 3.37. The van der Waals surface area contributed by atoms with Gasteiger partial charge in [0.1, 0.15) is 5.72 Å². The Hall–Kier alpha value is -0.160. The van der Waals surface area contributed by atoms with E-state index >= 15 is 0 Å². The van der Waals surface area contributed by atoms with Crippen molar-refractivity contribution in [2.24, 2.45) is 0 Å². The molecule has 0 spiro atoms. The van der Waals surface area contributed by atoms with Gasteiger partial charge < -0.3 is 14.8 Å². The second-order valence-electron chi connectivity index (χ2n) is 4.14. The molecule has 0 unspecified atom stereocenters. The zero-order chi connectivity index (χ0) is 8.73. The first-order valence-corrected chi connectivity index (χ1v) is 5.09. The Balaban J connectivity index is 1.75. The molecule has 2 atom stereocenters. The number of fused-ring (bicyclic) bond motifs is 2. The normalized spacial score (nSPS) is 45.7. The van der Waals surface area contributed by atoms with E-state index in [0.29, 0.717) is 6.04 Å². The Labute approximate surface area is 78.2 Å². The van der Waals surface area contributed by atoms with Gasteiger partial charge in [-0.2, -0.15) is 0 Å². The number of nitrogens with one attached hydrogen (secondary N) is 1. The minimum atomic E-state index is 0.0223. The van der Waals surface area contributed by atoms with Gasteiger partial charge in [-0.05, 0) is 0 Å². The van der Waals surface area contributed by atoms with Crippen molar-refractivity contribution in [3.05, 3.63) is 0 Å². The van der Waals surface area contributed by atoms with Crippen LogP contribution in [0.2, 0.25) is 0 Å². The van der Waals surface area contributed by atoms with E-state index in [9.17, 15) is 0 Å². The molecule has 0 aromatic heterocycles. The van der Waals surface area contributed by atoms with Crippen LogP contribution in [0.25, 0.3) is 0 Å². The van der Waals surface area contributed by atoms with Gasteiger partial charge >= 0.3 is 0 Å². The Kier molecular flexibility index (Phi) is 1.83. The van der Waals surface area contributed by atoms with Crippen molar-refractivity contribution < 1.29 is 9.47 Å². The molecule has 0 aliphatic carbocycles. The third-order valence-corrected chi connectivity index (χ3v) is 3.37. The first kappa shape index (κ1) is 8.17. The van der Waals surface area contributed by atoms with Crippen LogP contribution in [0.4, 0.5) is 0 Å². The molecule has 74 valence electrons. The van der Waals surface area contributed by atoms with Gasteiger partial charge in [0.2, 0.25) is 0 Å². The summed E-state index contributed by atoms with van der Waals surface area (Å²) in [5.41, 5.74) is 0.0223. The van der Waals surface area contributed by atoms with Crippen LogP contribution in [0.3, 0.4) is 0 Å². The summed E-state index contributed by atoms with van der Waals surface area (Å²) in [6.45, 7) is 5.64. The largest absolute Gasteiger partial charge is 0.379 e. The zero-order valence-corrected chi connectivity index (χ0v) is 7.79. The minimum Gasteiger partial charge on any atom is -0.379 e. The van der Waals surface area contributed by atoms with E-state index in [1.807, 2.05) is 0 Å². The highest BCUT2D eigenvalue weighted by molar-refractivity contribution is 5.01. The lowest BCUT2D eigenvalue weighted by molar-refractivity contribution is -0.149. The fraction of sp³-hybridized carbons (Fsp3) is 1.00. The second kappa shape index (κ2) is 2.92. The average Bonchev–Trinajstić information content (AvgIpc) is 2.80. The van der Waals surface area contributed by atoms with Crippen LogP contribution in [-0.4, -0.2) is 56.1 Å². The number of ether oxygens (including phenoxy) is 2. The highest BCUT2D eigenvalue weighted by Gasteiger charge is 2.50. The molecule has 0 aromatic carbocycles. The lowest BCUT2D eigenvalue weighted by Crippen LogP contribution is -2.56. The van der Waals surface area contributed by atoms with E-state index in [4.69, 9.17) is 9.47 Å². The molecule has 0 radical (unpaired) electrons. The van der Waals surface area contributed by atoms with Crippen molar-refractivity contribution in [2.45, 2.75) is 18.2 Å². The average molecular weight is 184 g/mol. The lowest BCUT2D eigenvalue weighted by atomic mass is 10.1. The highest BCUT2D eigenvalue weighted by Crippen LogP contribution is 2.34. The van der Waals surface area contributed by atoms with Crippen molar-refractivity contribution in [1.82, 2.24) is 10.2 Å². The van der Waals surface area contributed by atoms with Crippen LogP contribution in [0, 0.1) is 0 Å². The van der Waals surface area contributed by atoms with E-state index in [2.05, 4.69) is 10.2 Å². The standard InChI is InChI=1S/C9H16N2O2/c1-3-12-4-2-11(1)9-5-8(6-13-9)10-7-9/h8,10H,1-7H2/t8-,9-/m1/s1. The Morgan fingerprint density at radius 2 is 2.15 bits per heavy atom. The Morgan fingerprint density at radius 1 is 1.31 bits per heavy atom. The maximum Gasteiger partial charge on any atom is 0.136 e. The first-order valence-electron chi connectivity index (χ1n) is 5.09. The summed E-state index contributed by atoms with van der Waals surface area (Å²) >= 11 is 0. The van der Waals surface area contributed by atoms with Gasteiger partial charge in [-0.3, -0.25) is 4.90 Å². The monoisotopic (exact) mass is 184 g/mol. The molecule has 3 rings (SSSR count). The molecule has 2 bridgehead atoms. The molecule has 0 aromatic rings. The fourth-order valence-electron chi connectivity index (χ4n) is 2.62. The molecule has 1 N–H and O–H groups in total. The lowest BCUT2D eigenvalue weighted by Gasteiger charge is -2.40. The smallest absolute Gasteiger partial charge is 0.136 e. The van der Waals surface area contributed by atoms with E-state index in [0.717, 1.165) is 45.9 Å². The van der Waals surface area contributed by atoms with Gasteiger partial charge in [-0.1, -0.05) is 0 Å². The summed E-state index contributed by atoms with van der Waals surface area (Å²) in [6, 6.07) is 0.600. The van der Waals surface area contributed by atoms with Gasteiger partial charge in [0.25, 0.3) is 0 Å². The zero-order valence-electron chi connectivity index (χ0n) is 7.79. The molecule has 3 saturated heterocycles. The van der Waals surface area contributed by atoms with E-state index in [-0.39, 0.29) is 5.72 Å². The van der Waals surface area contributed by atoms with Crippen LogP contribution in [0.15, 0.2) is 0 Å². The molecule has 0 saturated carbocycles. The summed E-state index contributed by atoms with van der Waals surface area (Å²) in [7, 11) is 0. The van der Waals surface area contributed by atoms with Crippen molar-refractivity contribution in [2.75, 3.05) is 39.5 Å². The van der Waals surface area contributed by atoms with Crippen molar-refractivity contribution in [3.8, 4) is 0 Å². The molecule has 3 aliphatic rings. The van der Waals surface area contributed by atoms with Crippen LogP contribution in [0.5, 0.6) is 0 Å². The number of hydrogen-bond acceptors (Lipinski definition) is 4. The summed E-state index contributed by atoms with van der Waals surface area (Å²) in [5, 5.41) is 3.49. The predicted octanol–water partition coefficient (Wildman–Crippen LogP) is -0.593. The third kappa shape index (κ3) is 1.21. The summed E-state index contributed by atoms with van der Waals surface area (Å²) in [4.78, 5) is 2.44. The maximum atomic E-state index is 5.89. The topological polar surface area (TPSA) is 33.7 Å². The van der Waals surface area contributed by atoms with Crippen LogP contribution in [0.1, 0.15) is 6.42 Å². The molecule has 3 heterocycles. The van der Waals surface area contributed by atoms with Crippen molar-refractivity contribution in [1.29, 1.82) is 0 Å². The predicted molar refractivity (Wildman–Crippen MR) is 47.5 cm³/mol. The maximum absolute atomic E-state index is 5.89. The molecule has 3 fully saturated rings. The number of hydrogen-bond donors (Lipinski definition) is 1. The molecule has 4 nitrogen and oxygen atoms in total. The molecule has 3 aliphatic heterocycles. The Morgan fingerprint density at radius 3 is 2.69 bits per heavy atom. The van der Waals surface area contributed by atoms with Gasteiger partial charge in [-0.15, -0.1) is 0 Å². The molecule has 13 heavy (non-hydrogen) atoms. The molecule has 0 amide bonds. The van der Waals surface area contributed by atoms with Crippen LogP contribution in [-0.2, 0) is 9.47 Å². The summed E-state index contributed by atoms with van der Waals surface area (Å²) in [6.07, 6.45) is 1.16. The van der Waals surface area contributed by atoms with E-state index < -0.39 is 0 Å². The van der Waals surface area contributed by atoms with Crippen molar-refractivity contribution >= 4 is 0 Å². The summed E-state index contributed by atoms with van der Waals surface area (Å²) < 4.78 is 11.2. The SMILES string of the molecule is C1CN([C@@]23CN[C@@H](CO2)C3)CCO1. The molecule has 4 heteroatoms. The van der Waals surface area contributed by atoms with Gasteiger partial charge in [0.15, 0.2) is 0 Å². The Bertz CT molecular complexity index is 196. The van der Waals surface area contributed by atoms with Crippen molar-refractivity contribution in [3.63, 3.8) is 0 Å². The molecular weight excluding hydrogens is 168 g/mol. The number of nitrogens with zero attached hydrogens (tertiary/aromatic N) is 1. The fourth-order valence-corrected chi connectivity index (χ4v) is 2.62. The second-order valence-corrected chi connectivity index (χ2v) is 4.14. The quantitative estimate of drug-likeness (QED) is 0.590. The van der Waals surface area contributed by atoms with Gasteiger partial charge in [0, 0.05) is 32.1 Å². The first-order chi connectivity index (χ1) is 6.39. The van der Waals surface area contributed by atoms with Gasteiger partial charge in [0.05, 0.1) is 19.8 Å². The minimum absolute atomic E-state index is 0.0223. The highest BCUT2D eigenvalue weighted by atomic mass is 16.5. The van der Waals surface area contributed by atoms with Crippen LogP contribution >= 0.6 is 0 Å². The van der Waals surface area contributed by atoms with E-state index in [1.54, 1.807) is 0 Å². The van der Waals surface area contributed by atoms with Crippen LogP contribution < -0.4 is 5.32 Å².